The van der Waals surface area contributed by atoms with Crippen LogP contribution in [-0.2, 0) is 0 Å². The quantitative estimate of drug-likeness (QED) is 0.248. The van der Waals surface area contributed by atoms with E-state index in [0.717, 1.165) is 12.1 Å². The molecule has 4 nitrogen and oxygen atoms in total. The molecule has 0 amide bonds. The maximum Gasteiger partial charge on any atom is 0.143 e. The number of anilines is 1. The Morgan fingerprint density at radius 1 is 1.40 bits per heavy atom. The third kappa shape index (κ3) is 2.86. The molecule has 0 radical (unpaired) electrons. The molecule has 15 heavy (non-hydrogen) atoms. The average molecular weight is 208 g/mol. The third-order valence-electron chi connectivity index (χ3n) is 1.49. The maximum atomic E-state index is 13.1. The second-order valence-electron chi connectivity index (χ2n) is 2.55. The summed E-state index contributed by atoms with van der Waals surface area (Å²) in [5, 5.41) is 3.10. The molecule has 0 spiro atoms. The fourth-order valence-corrected chi connectivity index (χ4v) is 0.907. The van der Waals surface area contributed by atoms with Crippen molar-refractivity contribution in [1.82, 2.24) is 0 Å². The zero-order valence-corrected chi connectivity index (χ0v) is 7.54. The van der Waals surface area contributed by atoms with Crippen molar-refractivity contribution in [2.75, 3.05) is 12.3 Å². The van der Waals surface area contributed by atoms with Gasteiger partial charge in [0.2, 0.25) is 0 Å². The second kappa shape index (κ2) is 4.84. The molecule has 1 aromatic carbocycles. The average Bonchev–Trinajstić information content (AvgIpc) is 2.15. The first kappa shape index (κ1) is 10.8. The van der Waals surface area contributed by atoms with Crippen molar-refractivity contribution in [1.29, 1.82) is 0 Å². The molecule has 76 valence electrons. The van der Waals surface area contributed by atoms with Crippen molar-refractivity contribution in [2.45, 2.75) is 0 Å². The van der Waals surface area contributed by atoms with Gasteiger partial charge in [-0.15, -0.1) is 0 Å². The van der Waals surface area contributed by atoms with Gasteiger partial charge in [-0.25, -0.2) is 8.78 Å². The summed E-state index contributed by atoms with van der Waals surface area (Å²) in [5.41, 5.74) is 12.8. The molecule has 0 aliphatic heterocycles. The van der Waals surface area contributed by atoms with Crippen molar-refractivity contribution in [2.24, 2.45) is 5.11 Å². The number of nitrogen functional groups attached to an aromatic ring is 1. The lowest BCUT2D eigenvalue weighted by Gasteiger charge is -1.98. The Bertz CT molecular complexity index is 458. The van der Waals surface area contributed by atoms with Gasteiger partial charge >= 0.3 is 0 Å². The lowest BCUT2D eigenvalue weighted by atomic mass is 10.2. The zero-order chi connectivity index (χ0) is 11.3. The number of nitrogens with two attached hydrogens (primary N) is 1. The number of halogens is 2. The highest BCUT2D eigenvalue weighted by molar-refractivity contribution is 5.47. The summed E-state index contributed by atoms with van der Waals surface area (Å²) in [5.74, 6) is 2.87. The Balaban J connectivity index is 3.02. The molecule has 0 heterocycles. The molecule has 0 aliphatic carbocycles. The zero-order valence-electron chi connectivity index (χ0n) is 7.54. The molecule has 1 rings (SSSR count). The molecule has 2 N–H and O–H groups in total. The first-order valence-corrected chi connectivity index (χ1v) is 3.89. The summed E-state index contributed by atoms with van der Waals surface area (Å²) in [4.78, 5) is 2.44. The predicted molar refractivity (Wildman–Crippen MR) is 51.7 cm³/mol. The van der Waals surface area contributed by atoms with Crippen molar-refractivity contribution < 1.29 is 8.78 Å². The number of benzene rings is 1. The molecule has 0 saturated carbocycles. The Labute approximate surface area is 84.3 Å². The number of nitrogens with zero attached hydrogens (tertiary/aromatic N) is 3. The van der Waals surface area contributed by atoms with Crippen LogP contribution in [0.4, 0.5) is 14.5 Å². The van der Waals surface area contributed by atoms with Crippen molar-refractivity contribution in [3.05, 3.63) is 39.8 Å². The Kier molecular flexibility index (Phi) is 3.49. The monoisotopic (exact) mass is 208 g/mol. The van der Waals surface area contributed by atoms with Gasteiger partial charge in [0.25, 0.3) is 0 Å². The molecule has 6 heteroatoms. The van der Waals surface area contributed by atoms with Crippen LogP contribution in [0.3, 0.4) is 0 Å². The van der Waals surface area contributed by atoms with Gasteiger partial charge in [-0.05, 0) is 17.7 Å². The Morgan fingerprint density at radius 2 is 2.00 bits per heavy atom. The van der Waals surface area contributed by atoms with E-state index in [1.807, 2.05) is 0 Å². The summed E-state index contributed by atoms with van der Waals surface area (Å²) in [6, 6.07) is 1.95. The van der Waals surface area contributed by atoms with Gasteiger partial charge in [-0.1, -0.05) is 17.0 Å². The highest BCUT2D eigenvalue weighted by Crippen LogP contribution is 2.15. The van der Waals surface area contributed by atoms with E-state index in [-0.39, 0.29) is 17.8 Å². The van der Waals surface area contributed by atoms with Crippen LogP contribution >= 0.6 is 0 Å². The van der Waals surface area contributed by atoms with Gasteiger partial charge in [0.15, 0.2) is 0 Å². The fraction of sp³-hybridized carbons (Fsp3) is 0.111. The topological polar surface area (TPSA) is 74.8 Å². The molecular formula is C9H6F2N4. The fourth-order valence-electron chi connectivity index (χ4n) is 0.907. The lowest BCUT2D eigenvalue weighted by Crippen LogP contribution is -1.94. The highest BCUT2D eigenvalue weighted by Gasteiger charge is 2.06. The Morgan fingerprint density at radius 3 is 2.53 bits per heavy atom. The Hall–Kier alpha value is -2.25. The normalized spacial score (nSPS) is 8.67. The summed E-state index contributed by atoms with van der Waals surface area (Å²) >= 11 is 0. The van der Waals surface area contributed by atoms with E-state index < -0.39 is 11.6 Å². The van der Waals surface area contributed by atoms with E-state index in [9.17, 15) is 8.78 Å². The van der Waals surface area contributed by atoms with Gasteiger partial charge in [0.05, 0.1) is 12.1 Å². The van der Waals surface area contributed by atoms with Crippen LogP contribution in [0.1, 0.15) is 5.56 Å². The molecule has 0 unspecified atom stereocenters. The van der Waals surface area contributed by atoms with E-state index in [1.54, 1.807) is 0 Å². The number of azide groups is 1. The first-order chi connectivity index (χ1) is 7.15. The molecule has 0 atom stereocenters. The van der Waals surface area contributed by atoms with Crippen LogP contribution in [0, 0.1) is 23.5 Å². The first-order valence-electron chi connectivity index (χ1n) is 3.89. The summed E-state index contributed by atoms with van der Waals surface area (Å²) in [6.07, 6.45) is 0. The van der Waals surface area contributed by atoms with Crippen molar-refractivity contribution in [3.8, 4) is 11.8 Å². The van der Waals surface area contributed by atoms with Crippen LogP contribution in [-0.4, -0.2) is 6.54 Å². The highest BCUT2D eigenvalue weighted by atomic mass is 19.1. The predicted octanol–water partition coefficient (Wildman–Crippen LogP) is 2.21. The molecule has 0 bridgehead atoms. The second-order valence-corrected chi connectivity index (χ2v) is 2.55. The van der Waals surface area contributed by atoms with Gasteiger partial charge in [-0.3, -0.25) is 0 Å². The molecule has 0 fully saturated rings. The molecule has 0 aliphatic rings. The molecular weight excluding hydrogens is 202 g/mol. The van der Waals surface area contributed by atoms with Gasteiger partial charge in [0.1, 0.15) is 11.6 Å². The minimum absolute atomic E-state index is 0.00871. The standard InChI is InChI=1S/C9H6F2N4/c10-8-4-6(12)5-9(11)7(8)2-1-3-14-15-13/h4-5H,3,12H2. The summed E-state index contributed by atoms with van der Waals surface area (Å²) in [7, 11) is 0. The van der Waals surface area contributed by atoms with Gasteiger partial charge in [0, 0.05) is 10.6 Å². The van der Waals surface area contributed by atoms with Crippen LogP contribution in [0.15, 0.2) is 17.2 Å². The van der Waals surface area contributed by atoms with Crippen molar-refractivity contribution >= 4 is 5.69 Å². The number of hydrogen-bond acceptors (Lipinski definition) is 2. The molecule has 1 aromatic rings. The largest absolute Gasteiger partial charge is 0.399 e. The number of rotatable bonds is 1. The van der Waals surface area contributed by atoms with Gasteiger partial charge < -0.3 is 5.73 Å². The van der Waals surface area contributed by atoms with Crippen LogP contribution in [0.2, 0.25) is 0 Å². The summed E-state index contributed by atoms with van der Waals surface area (Å²) < 4.78 is 26.2. The van der Waals surface area contributed by atoms with Crippen LogP contribution in [0.25, 0.3) is 10.4 Å². The minimum Gasteiger partial charge on any atom is -0.399 e. The van der Waals surface area contributed by atoms with E-state index in [1.165, 1.54) is 0 Å². The van der Waals surface area contributed by atoms with Crippen molar-refractivity contribution in [3.63, 3.8) is 0 Å². The van der Waals surface area contributed by atoms with E-state index >= 15 is 0 Å². The van der Waals surface area contributed by atoms with Crippen LogP contribution < -0.4 is 5.73 Å². The minimum atomic E-state index is -0.832. The number of hydrogen-bond donors (Lipinski definition) is 1. The summed E-state index contributed by atoms with van der Waals surface area (Å²) in [6.45, 7) is -0.139. The van der Waals surface area contributed by atoms with Gasteiger partial charge in [-0.2, -0.15) is 0 Å². The van der Waals surface area contributed by atoms with E-state index in [2.05, 4.69) is 21.9 Å². The van der Waals surface area contributed by atoms with E-state index in [0.29, 0.717) is 0 Å². The smallest absolute Gasteiger partial charge is 0.143 e. The SMILES string of the molecule is [N-]=[N+]=NCC#Cc1c(F)cc(N)cc1F. The molecule has 0 saturated heterocycles. The van der Waals surface area contributed by atoms with Crippen LogP contribution in [0.5, 0.6) is 0 Å². The third-order valence-corrected chi connectivity index (χ3v) is 1.49. The lowest BCUT2D eigenvalue weighted by molar-refractivity contribution is 0.578. The van der Waals surface area contributed by atoms with E-state index in [4.69, 9.17) is 11.3 Å². The maximum absolute atomic E-state index is 13.1. The molecule has 0 aromatic heterocycles.